The van der Waals surface area contributed by atoms with E-state index in [1.54, 1.807) is 0 Å². The van der Waals surface area contributed by atoms with Gasteiger partial charge >= 0.3 is 0 Å². The van der Waals surface area contributed by atoms with E-state index >= 15 is 0 Å². The lowest BCUT2D eigenvalue weighted by Crippen LogP contribution is -2.45. The predicted molar refractivity (Wildman–Crippen MR) is 79.3 cm³/mol. The molecule has 0 aliphatic carbocycles. The molecule has 0 saturated heterocycles. The number of fused-ring (bicyclic) bond motifs is 1. The van der Waals surface area contributed by atoms with Crippen molar-refractivity contribution in [2.75, 3.05) is 19.7 Å². The summed E-state index contributed by atoms with van der Waals surface area (Å²) in [6.45, 7) is 7.93. The van der Waals surface area contributed by atoms with Crippen molar-refractivity contribution in [1.82, 2.24) is 4.90 Å². The Labute approximate surface area is 116 Å². The third-order valence-electron chi connectivity index (χ3n) is 4.29. The Morgan fingerprint density at radius 1 is 1.26 bits per heavy atom. The molecule has 0 aromatic heterocycles. The van der Waals surface area contributed by atoms with E-state index in [9.17, 15) is 0 Å². The Kier molecular flexibility index (Phi) is 5.23. The fourth-order valence-corrected chi connectivity index (χ4v) is 3.10. The van der Waals surface area contributed by atoms with Crippen LogP contribution in [0.5, 0.6) is 5.75 Å². The third kappa shape index (κ3) is 3.28. The van der Waals surface area contributed by atoms with Gasteiger partial charge in [-0.2, -0.15) is 0 Å². The van der Waals surface area contributed by atoms with Gasteiger partial charge in [0, 0.05) is 31.2 Å². The molecule has 0 radical (unpaired) electrons. The van der Waals surface area contributed by atoms with Gasteiger partial charge in [-0.1, -0.05) is 44.9 Å². The number of ether oxygens (including phenoxy) is 1. The highest BCUT2D eigenvalue weighted by Crippen LogP contribution is 2.26. The van der Waals surface area contributed by atoms with Crippen molar-refractivity contribution >= 4 is 0 Å². The zero-order valence-corrected chi connectivity index (χ0v) is 12.1. The lowest BCUT2D eigenvalue weighted by molar-refractivity contribution is 0.122. The van der Waals surface area contributed by atoms with Crippen LogP contribution in [0.15, 0.2) is 24.3 Å². The maximum atomic E-state index is 6.04. The number of nitrogens with two attached hydrogens (primary N) is 1. The van der Waals surface area contributed by atoms with Crippen molar-refractivity contribution in [1.29, 1.82) is 0 Å². The topological polar surface area (TPSA) is 38.5 Å². The molecule has 0 saturated carbocycles. The average Bonchev–Trinajstić information content (AvgIpc) is 2.66. The molecule has 1 aliphatic heterocycles. The molecule has 0 bridgehead atoms. The maximum Gasteiger partial charge on any atom is 0.123 e. The van der Waals surface area contributed by atoms with E-state index in [0.717, 1.165) is 32.0 Å². The summed E-state index contributed by atoms with van der Waals surface area (Å²) in [4.78, 5) is 2.50. The zero-order chi connectivity index (χ0) is 13.7. The van der Waals surface area contributed by atoms with Crippen LogP contribution in [0.25, 0.3) is 0 Å². The van der Waals surface area contributed by atoms with E-state index in [0.29, 0.717) is 12.0 Å². The van der Waals surface area contributed by atoms with Crippen molar-refractivity contribution in [2.24, 2.45) is 11.7 Å². The van der Waals surface area contributed by atoms with Crippen LogP contribution in [-0.4, -0.2) is 30.6 Å². The Morgan fingerprint density at radius 3 is 2.68 bits per heavy atom. The lowest BCUT2D eigenvalue weighted by Gasteiger charge is -2.34. The standard InChI is InChI=1S/C16H26N2O/c1-3-13(4-2)15(11-17)18-9-10-19-16-8-6-5-7-14(16)12-18/h5-8,13,15H,3-4,9-12,17H2,1-2H3. The normalized spacial score (nSPS) is 17.7. The lowest BCUT2D eigenvalue weighted by atomic mass is 9.92. The SMILES string of the molecule is CCC(CC)C(CN)N1CCOc2ccccc2C1. The number of rotatable bonds is 5. The Balaban J connectivity index is 2.16. The van der Waals surface area contributed by atoms with E-state index in [-0.39, 0.29) is 0 Å². The van der Waals surface area contributed by atoms with Gasteiger partial charge in [-0.05, 0) is 12.0 Å². The van der Waals surface area contributed by atoms with E-state index in [4.69, 9.17) is 10.5 Å². The number of para-hydroxylation sites is 1. The van der Waals surface area contributed by atoms with Gasteiger partial charge in [0.1, 0.15) is 12.4 Å². The molecule has 0 fully saturated rings. The highest BCUT2D eigenvalue weighted by Gasteiger charge is 2.26. The van der Waals surface area contributed by atoms with E-state index < -0.39 is 0 Å². The summed E-state index contributed by atoms with van der Waals surface area (Å²) in [6.07, 6.45) is 2.38. The minimum Gasteiger partial charge on any atom is -0.492 e. The molecular formula is C16H26N2O. The van der Waals surface area contributed by atoms with Crippen LogP contribution < -0.4 is 10.5 Å². The van der Waals surface area contributed by atoms with Gasteiger partial charge in [0.2, 0.25) is 0 Å². The van der Waals surface area contributed by atoms with Crippen molar-refractivity contribution in [3.63, 3.8) is 0 Å². The first-order valence-electron chi connectivity index (χ1n) is 7.44. The molecule has 1 aromatic rings. The maximum absolute atomic E-state index is 6.04. The molecule has 3 nitrogen and oxygen atoms in total. The summed E-state index contributed by atoms with van der Waals surface area (Å²) in [5, 5.41) is 0. The van der Waals surface area contributed by atoms with Crippen LogP contribution in [0.2, 0.25) is 0 Å². The Hall–Kier alpha value is -1.06. The molecule has 19 heavy (non-hydrogen) atoms. The summed E-state index contributed by atoms with van der Waals surface area (Å²) in [5.74, 6) is 1.71. The first-order chi connectivity index (χ1) is 9.30. The van der Waals surface area contributed by atoms with Gasteiger partial charge in [-0.25, -0.2) is 0 Å². The molecule has 0 amide bonds. The molecule has 2 rings (SSSR count). The van der Waals surface area contributed by atoms with Crippen molar-refractivity contribution in [3.8, 4) is 5.75 Å². The van der Waals surface area contributed by atoms with Crippen LogP contribution in [-0.2, 0) is 6.54 Å². The molecular weight excluding hydrogens is 236 g/mol. The summed E-state index contributed by atoms with van der Waals surface area (Å²) in [5.41, 5.74) is 7.33. The van der Waals surface area contributed by atoms with Gasteiger partial charge in [0.25, 0.3) is 0 Å². The van der Waals surface area contributed by atoms with Crippen LogP contribution >= 0.6 is 0 Å². The molecule has 0 spiro atoms. The molecule has 1 heterocycles. The highest BCUT2D eigenvalue weighted by atomic mass is 16.5. The summed E-state index contributed by atoms with van der Waals surface area (Å²) >= 11 is 0. The van der Waals surface area contributed by atoms with Crippen molar-refractivity contribution < 1.29 is 4.74 Å². The molecule has 1 aliphatic rings. The number of nitrogens with zero attached hydrogens (tertiary/aromatic N) is 1. The molecule has 106 valence electrons. The van der Waals surface area contributed by atoms with E-state index in [1.807, 2.05) is 6.07 Å². The average molecular weight is 262 g/mol. The first kappa shape index (κ1) is 14.4. The fourth-order valence-electron chi connectivity index (χ4n) is 3.10. The third-order valence-corrected chi connectivity index (χ3v) is 4.29. The quantitative estimate of drug-likeness (QED) is 0.886. The molecule has 1 atom stereocenters. The second kappa shape index (κ2) is 6.92. The second-order valence-electron chi connectivity index (χ2n) is 5.31. The minimum atomic E-state index is 0.463. The fraction of sp³-hybridized carbons (Fsp3) is 0.625. The van der Waals surface area contributed by atoms with Gasteiger partial charge in [-0.15, -0.1) is 0 Å². The number of hydrogen-bond donors (Lipinski definition) is 1. The largest absolute Gasteiger partial charge is 0.492 e. The van der Waals surface area contributed by atoms with Crippen LogP contribution in [0.4, 0.5) is 0 Å². The van der Waals surface area contributed by atoms with Gasteiger partial charge in [-0.3, -0.25) is 4.90 Å². The highest BCUT2D eigenvalue weighted by molar-refractivity contribution is 5.33. The smallest absolute Gasteiger partial charge is 0.123 e. The summed E-state index contributed by atoms with van der Waals surface area (Å²) in [7, 11) is 0. The van der Waals surface area contributed by atoms with Crippen LogP contribution in [0.3, 0.4) is 0 Å². The van der Waals surface area contributed by atoms with Gasteiger partial charge in [0.15, 0.2) is 0 Å². The van der Waals surface area contributed by atoms with Crippen LogP contribution in [0.1, 0.15) is 32.3 Å². The number of benzene rings is 1. The molecule has 1 aromatic carbocycles. The predicted octanol–water partition coefficient (Wildman–Crippen LogP) is 2.64. The van der Waals surface area contributed by atoms with Crippen molar-refractivity contribution in [2.45, 2.75) is 39.3 Å². The summed E-state index contributed by atoms with van der Waals surface area (Å²) in [6, 6.07) is 8.81. The number of hydrogen-bond acceptors (Lipinski definition) is 3. The Morgan fingerprint density at radius 2 is 2.00 bits per heavy atom. The zero-order valence-electron chi connectivity index (χ0n) is 12.1. The monoisotopic (exact) mass is 262 g/mol. The molecule has 1 unspecified atom stereocenters. The van der Waals surface area contributed by atoms with E-state index in [1.165, 1.54) is 18.4 Å². The minimum absolute atomic E-state index is 0.463. The first-order valence-corrected chi connectivity index (χ1v) is 7.44. The van der Waals surface area contributed by atoms with E-state index in [2.05, 4.69) is 36.9 Å². The second-order valence-corrected chi connectivity index (χ2v) is 5.31. The summed E-state index contributed by atoms with van der Waals surface area (Å²) < 4.78 is 5.84. The van der Waals surface area contributed by atoms with Gasteiger partial charge in [0.05, 0.1) is 0 Å². The van der Waals surface area contributed by atoms with Crippen molar-refractivity contribution in [3.05, 3.63) is 29.8 Å². The Bertz CT molecular complexity index is 390. The van der Waals surface area contributed by atoms with Gasteiger partial charge < -0.3 is 10.5 Å². The molecule has 2 N–H and O–H groups in total. The molecule has 3 heteroatoms. The van der Waals surface area contributed by atoms with Crippen LogP contribution in [0, 0.1) is 5.92 Å².